The zero-order chi connectivity index (χ0) is 19.5. The highest BCUT2D eigenvalue weighted by atomic mass is 32.2. The van der Waals surface area contributed by atoms with E-state index in [0.29, 0.717) is 23.9 Å². The van der Waals surface area contributed by atoms with Crippen LogP contribution in [0.3, 0.4) is 0 Å². The van der Waals surface area contributed by atoms with E-state index in [2.05, 4.69) is 45.0 Å². The molecule has 0 N–H and O–H groups in total. The summed E-state index contributed by atoms with van der Waals surface area (Å²) in [5.41, 5.74) is 2.59. The van der Waals surface area contributed by atoms with Crippen LogP contribution in [0.2, 0.25) is 0 Å². The van der Waals surface area contributed by atoms with Crippen LogP contribution in [0.15, 0.2) is 59.5 Å². The van der Waals surface area contributed by atoms with E-state index in [9.17, 15) is 8.42 Å². The molecule has 0 spiro atoms. The third kappa shape index (κ3) is 4.61. The van der Waals surface area contributed by atoms with Crippen molar-refractivity contribution in [3.05, 3.63) is 65.7 Å². The molecule has 1 fully saturated rings. The van der Waals surface area contributed by atoms with E-state index >= 15 is 0 Å². The molecule has 0 amide bonds. The maximum absolute atomic E-state index is 13.0. The molecule has 1 saturated heterocycles. The van der Waals surface area contributed by atoms with Crippen LogP contribution in [-0.4, -0.2) is 25.8 Å². The van der Waals surface area contributed by atoms with Gasteiger partial charge in [-0.05, 0) is 60.3 Å². The van der Waals surface area contributed by atoms with E-state index in [1.165, 1.54) is 11.1 Å². The summed E-state index contributed by atoms with van der Waals surface area (Å²) in [7, 11) is -3.39. The lowest BCUT2D eigenvalue weighted by Crippen LogP contribution is -2.38. The second kappa shape index (κ2) is 8.15. The van der Waals surface area contributed by atoms with Crippen LogP contribution in [0.1, 0.15) is 51.2 Å². The van der Waals surface area contributed by atoms with E-state index < -0.39 is 10.0 Å². The first-order valence-corrected chi connectivity index (χ1v) is 11.4. The first-order chi connectivity index (χ1) is 12.8. The molecule has 1 aliphatic heterocycles. The number of hydrogen-bond acceptors (Lipinski definition) is 2. The molecule has 4 heteroatoms. The van der Waals surface area contributed by atoms with Gasteiger partial charge >= 0.3 is 0 Å². The third-order valence-electron chi connectivity index (χ3n) is 6.10. The van der Waals surface area contributed by atoms with Crippen molar-refractivity contribution in [1.82, 2.24) is 4.31 Å². The lowest BCUT2D eigenvalue weighted by atomic mass is 9.82. The Morgan fingerprint density at radius 3 is 2.11 bits per heavy atom. The first-order valence-electron chi connectivity index (χ1n) is 9.97. The van der Waals surface area contributed by atoms with Gasteiger partial charge < -0.3 is 0 Å². The van der Waals surface area contributed by atoms with Gasteiger partial charge in [-0.15, -0.1) is 0 Å². The molecule has 0 aromatic heterocycles. The monoisotopic (exact) mass is 385 g/mol. The number of hydrogen-bond donors (Lipinski definition) is 0. The van der Waals surface area contributed by atoms with Gasteiger partial charge in [-0.25, -0.2) is 8.42 Å². The van der Waals surface area contributed by atoms with Gasteiger partial charge in [0.05, 0.1) is 4.90 Å². The largest absolute Gasteiger partial charge is 0.243 e. The molecule has 0 bridgehead atoms. The standard InChI is InChI=1S/C23H31NO2S/c1-4-23(2,3)21-10-12-22(13-11-21)27(25,26)24-16-14-20(15-17-24)18-19-8-6-5-7-9-19/h5-13,20H,4,14-18H2,1-3H3. The van der Waals surface area contributed by atoms with Gasteiger partial charge in [-0.2, -0.15) is 4.31 Å². The van der Waals surface area contributed by atoms with Crippen molar-refractivity contribution >= 4 is 10.0 Å². The van der Waals surface area contributed by atoms with Gasteiger partial charge in [0.25, 0.3) is 0 Å². The molecule has 0 unspecified atom stereocenters. The molecular formula is C23H31NO2S. The molecular weight excluding hydrogens is 354 g/mol. The molecule has 27 heavy (non-hydrogen) atoms. The van der Waals surface area contributed by atoms with Crippen molar-refractivity contribution in [2.75, 3.05) is 13.1 Å². The highest BCUT2D eigenvalue weighted by Gasteiger charge is 2.29. The Bertz CT molecular complexity index is 834. The lowest BCUT2D eigenvalue weighted by molar-refractivity contribution is 0.273. The van der Waals surface area contributed by atoms with Gasteiger partial charge in [0.15, 0.2) is 0 Å². The average Bonchev–Trinajstić information content (AvgIpc) is 2.69. The van der Waals surface area contributed by atoms with Crippen LogP contribution in [-0.2, 0) is 21.9 Å². The minimum atomic E-state index is -3.39. The normalized spacial score (nSPS) is 17.1. The van der Waals surface area contributed by atoms with E-state index in [0.717, 1.165) is 25.7 Å². The van der Waals surface area contributed by atoms with Crippen molar-refractivity contribution in [2.45, 2.75) is 56.8 Å². The summed E-state index contributed by atoms with van der Waals surface area (Å²) in [5.74, 6) is 0.562. The molecule has 2 aromatic carbocycles. The Hall–Kier alpha value is -1.65. The Morgan fingerprint density at radius 1 is 0.963 bits per heavy atom. The lowest BCUT2D eigenvalue weighted by Gasteiger charge is -2.31. The molecule has 1 heterocycles. The summed E-state index contributed by atoms with van der Waals surface area (Å²) < 4.78 is 27.7. The van der Waals surface area contributed by atoms with E-state index in [-0.39, 0.29) is 5.41 Å². The highest BCUT2D eigenvalue weighted by molar-refractivity contribution is 7.89. The number of piperidine rings is 1. The van der Waals surface area contributed by atoms with Crippen LogP contribution in [0.4, 0.5) is 0 Å². The Balaban J connectivity index is 1.64. The predicted molar refractivity (Wildman–Crippen MR) is 111 cm³/mol. The van der Waals surface area contributed by atoms with Crippen LogP contribution in [0, 0.1) is 5.92 Å². The van der Waals surface area contributed by atoms with Crippen LogP contribution in [0.25, 0.3) is 0 Å². The Kier molecular flexibility index (Phi) is 6.07. The van der Waals surface area contributed by atoms with Gasteiger partial charge in [0, 0.05) is 13.1 Å². The second-order valence-corrected chi connectivity index (χ2v) is 10.2. The molecule has 0 radical (unpaired) electrons. The molecule has 1 aliphatic rings. The van der Waals surface area contributed by atoms with Crippen molar-refractivity contribution < 1.29 is 8.42 Å². The summed E-state index contributed by atoms with van der Waals surface area (Å²) >= 11 is 0. The van der Waals surface area contributed by atoms with Crippen LogP contribution in [0.5, 0.6) is 0 Å². The maximum atomic E-state index is 13.0. The van der Waals surface area contributed by atoms with Crippen LogP contribution >= 0.6 is 0 Å². The number of nitrogens with zero attached hydrogens (tertiary/aromatic N) is 1. The van der Waals surface area contributed by atoms with Crippen LogP contribution < -0.4 is 0 Å². The van der Waals surface area contributed by atoms with E-state index in [1.807, 2.05) is 18.2 Å². The number of rotatable bonds is 6. The zero-order valence-corrected chi connectivity index (χ0v) is 17.5. The maximum Gasteiger partial charge on any atom is 0.243 e. The molecule has 146 valence electrons. The molecule has 0 atom stereocenters. The van der Waals surface area contributed by atoms with Gasteiger partial charge in [-0.1, -0.05) is 63.2 Å². The van der Waals surface area contributed by atoms with Crippen molar-refractivity contribution in [1.29, 1.82) is 0 Å². The fraction of sp³-hybridized carbons (Fsp3) is 0.478. The summed E-state index contributed by atoms with van der Waals surface area (Å²) in [4.78, 5) is 0.416. The van der Waals surface area contributed by atoms with Crippen molar-refractivity contribution in [3.63, 3.8) is 0 Å². The minimum absolute atomic E-state index is 0.0675. The second-order valence-electron chi connectivity index (χ2n) is 8.30. The third-order valence-corrected chi connectivity index (χ3v) is 8.01. The first kappa shape index (κ1) is 20.1. The fourth-order valence-corrected chi connectivity index (χ4v) is 5.20. The van der Waals surface area contributed by atoms with Crippen molar-refractivity contribution in [3.8, 4) is 0 Å². The van der Waals surface area contributed by atoms with Crippen molar-refractivity contribution in [2.24, 2.45) is 5.92 Å². The fourth-order valence-electron chi connectivity index (χ4n) is 3.73. The SMILES string of the molecule is CCC(C)(C)c1ccc(S(=O)(=O)N2CCC(Cc3ccccc3)CC2)cc1. The van der Waals surface area contributed by atoms with E-state index in [1.54, 1.807) is 16.4 Å². The minimum Gasteiger partial charge on any atom is -0.207 e. The molecule has 0 saturated carbocycles. The van der Waals surface area contributed by atoms with Gasteiger partial charge in [0.1, 0.15) is 0 Å². The Morgan fingerprint density at radius 2 is 1.56 bits per heavy atom. The Labute approximate surface area is 164 Å². The molecule has 0 aliphatic carbocycles. The quantitative estimate of drug-likeness (QED) is 0.700. The van der Waals surface area contributed by atoms with E-state index in [4.69, 9.17) is 0 Å². The average molecular weight is 386 g/mol. The molecule has 3 nitrogen and oxygen atoms in total. The summed E-state index contributed by atoms with van der Waals surface area (Å²) in [6, 6.07) is 18.0. The highest BCUT2D eigenvalue weighted by Crippen LogP contribution is 2.30. The molecule has 3 rings (SSSR count). The van der Waals surface area contributed by atoms with Gasteiger partial charge in [0.2, 0.25) is 10.0 Å². The summed E-state index contributed by atoms with van der Waals surface area (Å²) in [5, 5.41) is 0. The summed E-state index contributed by atoms with van der Waals surface area (Å²) in [6.45, 7) is 7.76. The number of sulfonamides is 1. The predicted octanol–water partition coefficient (Wildman–Crippen LogP) is 5.02. The smallest absolute Gasteiger partial charge is 0.207 e. The number of benzene rings is 2. The topological polar surface area (TPSA) is 37.4 Å². The molecule has 2 aromatic rings. The summed E-state index contributed by atoms with van der Waals surface area (Å²) in [6.07, 6.45) is 3.91. The zero-order valence-electron chi connectivity index (χ0n) is 16.7. The van der Waals surface area contributed by atoms with Gasteiger partial charge in [-0.3, -0.25) is 0 Å².